The fraction of sp³-hybridized carbons (Fsp3) is 0.588. The van der Waals surface area contributed by atoms with Gasteiger partial charge >= 0.3 is 6.03 Å². The summed E-state index contributed by atoms with van der Waals surface area (Å²) in [4.78, 5) is 12.4. The van der Waals surface area contributed by atoms with Crippen LogP contribution < -0.4 is 10.6 Å². The van der Waals surface area contributed by atoms with Crippen molar-refractivity contribution in [2.24, 2.45) is 0 Å². The molecule has 7 heteroatoms. The highest BCUT2D eigenvalue weighted by Gasteiger charge is 2.22. The summed E-state index contributed by atoms with van der Waals surface area (Å²) in [6, 6.07) is 5.88. The van der Waals surface area contributed by atoms with E-state index in [9.17, 15) is 4.79 Å². The summed E-state index contributed by atoms with van der Waals surface area (Å²) in [7, 11) is 0. The number of pyridine rings is 1. The number of fused-ring (bicyclic) bond motifs is 1. The Labute approximate surface area is 146 Å². The van der Waals surface area contributed by atoms with Gasteiger partial charge in [0.2, 0.25) is 0 Å². The van der Waals surface area contributed by atoms with Crippen LogP contribution in [0.3, 0.4) is 0 Å². The predicted octanol–water partition coefficient (Wildman–Crippen LogP) is 3.16. The predicted molar refractivity (Wildman–Crippen MR) is 97.3 cm³/mol. The largest absolute Gasteiger partial charge is 0.335 e. The van der Waals surface area contributed by atoms with Crippen LogP contribution in [0.4, 0.5) is 4.79 Å². The molecule has 0 aliphatic heterocycles. The number of amides is 2. The van der Waals surface area contributed by atoms with Crippen LogP contribution in [-0.2, 0) is 0 Å². The van der Waals surface area contributed by atoms with E-state index in [2.05, 4.69) is 27.1 Å². The van der Waals surface area contributed by atoms with Gasteiger partial charge in [-0.15, -0.1) is 10.2 Å². The minimum Gasteiger partial charge on any atom is -0.335 e. The zero-order valence-corrected chi connectivity index (χ0v) is 14.9. The summed E-state index contributed by atoms with van der Waals surface area (Å²) < 4.78 is 1.95. The number of thioether (sulfide) groups is 1. The lowest BCUT2D eigenvalue weighted by Gasteiger charge is -2.24. The van der Waals surface area contributed by atoms with Gasteiger partial charge in [-0.25, -0.2) is 4.79 Å². The maximum Gasteiger partial charge on any atom is 0.315 e. The number of hydrogen-bond donors (Lipinski definition) is 2. The van der Waals surface area contributed by atoms with E-state index in [0.717, 1.165) is 36.5 Å². The quantitative estimate of drug-likeness (QED) is 0.842. The maximum atomic E-state index is 12.4. The summed E-state index contributed by atoms with van der Waals surface area (Å²) in [6.45, 7) is 0. The van der Waals surface area contributed by atoms with Gasteiger partial charge in [-0.1, -0.05) is 25.3 Å². The van der Waals surface area contributed by atoms with Gasteiger partial charge in [0.15, 0.2) is 11.5 Å². The van der Waals surface area contributed by atoms with Gasteiger partial charge in [-0.3, -0.25) is 4.40 Å². The zero-order chi connectivity index (χ0) is 16.8. The molecule has 2 N–H and O–H groups in total. The van der Waals surface area contributed by atoms with Gasteiger partial charge in [0.05, 0.1) is 6.04 Å². The Morgan fingerprint density at radius 3 is 2.96 bits per heavy atom. The normalized spacial score (nSPS) is 16.9. The van der Waals surface area contributed by atoms with Crippen LogP contribution in [0.2, 0.25) is 0 Å². The van der Waals surface area contributed by atoms with Crippen LogP contribution in [0, 0.1) is 0 Å². The number of aromatic nitrogens is 3. The molecule has 1 atom stereocenters. The molecule has 6 nitrogen and oxygen atoms in total. The van der Waals surface area contributed by atoms with E-state index in [0.29, 0.717) is 6.04 Å². The van der Waals surface area contributed by atoms with Gasteiger partial charge < -0.3 is 10.6 Å². The lowest BCUT2D eigenvalue weighted by molar-refractivity contribution is 0.228. The molecule has 1 aliphatic carbocycles. The highest BCUT2D eigenvalue weighted by atomic mass is 32.2. The van der Waals surface area contributed by atoms with E-state index in [1.165, 1.54) is 19.3 Å². The van der Waals surface area contributed by atoms with Crippen LogP contribution in [-0.4, -0.2) is 38.7 Å². The number of rotatable bonds is 6. The third-order valence-corrected chi connectivity index (χ3v) is 5.15. The molecule has 0 aromatic carbocycles. The lowest BCUT2D eigenvalue weighted by Crippen LogP contribution is -2.44. The van der Waals surface area contributed by atoms with Gasteiger partial charge in [-0.2, -0.15) is 11.8 Å². The minimum atomic E-state index is -0.140. The molecular weight excluding hydrogens is 322 g/mol. The number of carbonyl (C=O) groups is 1. The zero-order valence-electron chi connectivity index (χ0n) is 14.1. The van der Waals surface area contributed by atoms with Crippen molar-refractivity contribution in [3.63, 3.8) is 0 Å². The molecule has 1 fully saturated rings. The Kier molecular flexibility index (Phi) is 5.96. The van der Waals surface area contributed by atoms with E-state index in [4.69, 9.17) is 0 Å². The van der Waals surface area contributed by atoms with E-state index >= 15 is 0 Å². The standard InChI is InChI=1S/C17H25N5OS/c1-24-12-10-14(16-21-20-15-9-5-6-11-22(15)16)19-17(23)18-13-7-3-2-4-8-13/h5-6,9,11,13-14H,2-4,7-8,10,12H2,1H3,(H2,18,19,23). The maximum absolute atomic E-state index is 12.4. The molecule has 0 saturated heterocycles. The van der Waals surface area contributed by atoms with E-state index < -0.39 is 0 Å². The second-order valence-electron chi connectivity index (χ2n) is 6.27. The molecule has 24 heavy (non-hydrogen) atoms. The van der Waals surface area contributed by atoms with Gasteiger partial charge in [0.25, 0.3) is 0 Å². The van der Waals surface area contributed by atoms with Crippen molar-refractivity contribution in [2.75, 3.05) is 12.0 Å². The van der Waals surface area contributed by atoms with Gasteiger partial charge in [-0.05, 0) is 43.4 Å². The Morgan fingerprint density at radius 2 is 2.17 bits per heavy atom. The molecule has 1 unspecified atom stereocenters. The smallest absolute Gasteiger partial charge is 0.315 e. The van der Waals surface area contributed by atoms with E-state index in [1.54, 1.807) is 11.8 Å². The number of nitrogens with zero attached hydrogens (tertiary/aromatic N) is 3. The van der Waals surface area contributed by atoms with Gasteiger partial charge in [0, 0.05) is 12.2 Å². The summed E-state index contributed by atoms with van der Waals surface area (Å²) in [6.07, 6.45) is 10.7. The van der Waals surface area contributed by atoms with Crippen molar-refractivity contribution in [3.05, 3.63) is 30.2 Å². The first kappa shape index (κ1) is 17.1. The molecule has 130 valence electrons. The number of nitrogens with one attached hydrogen (secondary N) is 2. The molecule has 1 aliphatic rings. The molecule has 2 amide bonds. The van der Waals surface area contributed by atoms with Crippen LogP contribution in [0.25, 0.3) is 5.65 Å². The van der Waals surface area contributed by atoms with Gasteiger partial charge in [0.1, 0.15) is 0 Å². The van der Waals surface area contributed by atoms with Crippen LogP contribution in [0.15, 0.2) is 24.4 Å². The molecule has 0 spiro atoms. The van der Waals surface area contributed by atoms with Crippen molar-refractivity contribution < 1.29 is 4.79 Å². The molecule has 2 aromatic heterocycles. The SMILES string of the molecule is CSCCC(NC(=O)NC1CCCCC1)c1nnc2ccccn12. The van der Waals surface area contributed by atoms with E-state index in [-0.39, 0.29) is 12.1 Å². The minimum absolute atomic E-state index is 0.0966. The second kappa shape index (κ2) is 8.37. The first-order valence-corrected chi connectivity index (χ1v) is 10.0. The lowest BCUT2D eigenvalue weighted by atomic mass is 9.96. The van der Waals surface area contributed by atoms with Crippen LogP contribution in [0.5, 0.6) is 0 Å². The Hall–Kier alpha value is -1.76. The first-order chi connectivity index (χ1) is 11.8. The average molecular weight is 347 g/mol. The fourth-order valence-corrected chi connectivity index (χ4v) is 3.70. The Morgan fingerprint density at radius 1 is 1.33 bits per heavy atom. The molecule has 3 rings (SSSR count). The third kappa shape index (κ3) is 4.20. The van der Waals surface area contributed by atoms with Crippen molar-refractivity contribution in [1.82, 2.24) is 25.2 Å². The fourth-order valence-electron chi connectivity index (χ4n) is 3.23. The second-order valence-corrected chi connectivity index (χ2v) is 7.26. The third-order valence-electron chi connectivity index (χ3n) is 4.51. The number of carbonyl (C=O) groups excluding carboxylic acids is 1. The topological polar surface area (TPSA) is 71.3 Å². The summed E-state index contributed by atoms with van der Waals surface area (Å²) >= 11 is 1.77. The van der Waals surface area contributed by atoms with Crippen molar-refractivity contribution in [2.45, 2.75) is 50.6 Å². The molecule has 0 radical (unpaired) electrons. The van der Waals surface area contributed by atoms with Crippen molar-refractivity contribution >= 4 is 23.4 Å². The highest BCUT2D eigenvalue weighted by molar-refractivity contribution is 7.98. The van der Waals surface area contributed by atoms with Crippen LogP contribution >= 0.6 is 11.8 Å². The average Bonchev–Trinajstić information content (AvgIpc) is 3.03. The number of urea groups is 1. The Bertz CT molecular complexity index is 668. The summed E-state index contributed by atoms with van der Waals surface area (Å²) in [5.74, 6) is 1.74. The first-order valence-electron chi connectivity index (χ1n) is 8.63. The highest BCUT2D eigenvalue weighted by Crippen LogP contribution is 2.20. The molecule has 2 aromatic rings. The molecule has 2 heterocycles. The molecule has 0 bridgehead atoms. The van der Waals surface area contributed by atoms with Crippen LogP contribution in [0.1, 0.15) is 50.4 Å². The van der Waals surface area contributed by atoms with Crippen molar-refractivity contribution in [3.8, 4) is 0 Å². The van der Waals surface area contributed by atoms with Crippen molar-refractivity contribution in [1.29, 1.82) is 0 Å². The molecular formula is C17H25N5OS. The molecule has 1 saturated carbocycles. The summed E-state index contributed by atoms with van der Waals surface area (Å²) in [5, 5.41) is 14.7. The number of hydrogen-bond acceptors (Lipinski definition) is 4. The Balaban J connectivity index is 1.70. The monoisotopic (exact) mass is 347 g/mol. The van der Waals surface area contributed by atoms with E-state index in [1.807, 2.05) is 28.8 Å². The summed E-state index contributed by atoms with van der Waals surface area (Å²) in [5.41, 5.74) is 0.802.